The first kappa shape index (κ1) is 21.2. The van der Waals surface area contributed by atoms with Gasteiger partial charge in [0.25, 0.3) is 0 Å². The second-order valence-electron chi connectivity index (χ2n) is 6.97. The minimum atomic E-state index is -0.386. The Balaban J connectivity index is 1.87. The van der Waals surface area contributed by atoms with Gasteiger partial charge in [-0.3, -0.25) is 0 Å². The maximum Gasteiger partial charge on any atom is 0.337 e. The molecule has 0 aliphatic heterocycles. The Morgan fingerprint density at radius 3 is 2.28 bits per heavy atom. The monoisotopic (exact) mass is 429 g/mol. The zero-order valence-corrected chi connectivity index (χ0v) is 18.1. The number of esters is 1. The number of benzene rings is 3. The van der Waals surface area contributed by atoms with E-state index in [2.05, 4.69) is 0 Å². The van der Waals surface area contributed by atoms with Gasteiger partial charge < -0.3 is 18.6 Å². The minimum absolute atomic E-state index is 0.386. The molecule has 0 N–H and O–H groups in total. The number of carbonyl (C=O) groups is 1. The van der Waals surface area contributed by atoms with Crippen LogP contribution >= 0.6 is 0 Å². The van der Waals surface area contributed by atoms with Crippen LogP contribution in [0.4, 0.5) is 5.69 Å². The lowest BCUT2D eigenvalue weighted by molar-refractivity contribution is 0.0600. The molecule has 0 radical (unpaired) electrons. The van der Waals surface area contributed by atoms with Crippen LogP contribution in [-0.2, 0) is 4.74 Å². The molecule has 0 spiro atoms. The van der Waals surface area contributed by atoms with Gasteiger partial charge in [0.2, 0.25) is 0 Å². The van der Waals surface area contributed by atoms with Crippen molar-refractivity contribution in [2.24, 2.45) is 4.99 Å². The minimum Gasteiger partial charge on any atom is -0.497 e. The lowest BCUT2D eigenvalue weighted by Crippen LogP contribution is -2.04. The molecule has 0 atom stereocenters. The quantitative estimate of drug-likeness (QED) is 0.377. The summed E-state index contributed by atoms with van der Waals surface area (Å²) in [6.07, 6.45) is 0. The van der Waals surface area contributed by atoms with Crippen molar-refractivity contribution in [3.8, 4) is 22.8 Å². The highest BCUT2D eigenvalue weighted by atomic mass is 16.5. The Bertz CT molecular complexity index is 1310. The molecule has 0 saturated carbocycles. The van der Waals surface area contributed by atoms with Crippen molar-refractivity contribution in [2.75, 3.05) is 20.8 Å². The molecule has 0 amide bonds. The second kappa shape index (κ2) is 9.39. The largest absolute Gasteiger partial charge is 0.497 e. The highest BCUT2D eigenvalue weighted by Crippen LogP contribution is 2.27. The van der Waals surface area contributed by atoms with Crippen LogP contribution in [0.3, 0.4) is 0 Å². The summed E-state index contributed by atoms with van der Waals surface area (Å²) < 4.78 is 21.9. The van der Waals surface area contributed by atoms with Gasteiger partial charge in [-0.2, -0.15) is 0 Å². The van der Waals surface area contributed by atoms with Gasteiger partial charge in [-0.15, -0.1) is 0 Å². The van der Waals surface area contributed by atoms with Gasteiger partial charge in [0.1, 0.15) is 22.8 Å². The number of methoxy groups -OCH3 is 2. The van der Waals surface area contributed by atoms with Gasteiger partial charge in [-0.25, -0.2) is 9.79 Å². The second-order valence-corrected chi connectivity index (χ2v) is 6.97. The maximum atomic E-state index is 11.7. The molecule has 1 aromatic heterocycles. The van der Waals surface area contributed by atoms with E-state index in [0.29, 0.717) is 29.2 Å². The Kier molecular flexibility index (Phi) is 6.22. The fourth-order valence-electron chi connectivity index (χ4n) is 3.32. The molecule has 0 unspecified atom stereocenters. The smallest absolute Gasteiger partial charge is 0.337 e. The van der Waals surface area contributed by atoms with Crippen molar-refractivity contribution in [3.05, 3.63) is 83.7 Å². The molecular formula is C26H23NO5. The van der Waals surface area contributed by atoms with E-state index in [-0.39, 0.29) is 5.97 Å². The lowest BCUT2D eigenvalue weighted by atomic mass is 10.1. The third kappa shape index (κ3) is 4.49. The van der Waals surface area contributed by atoms with E-state index in [1.54, 1.807) is 31.4 Å². The summed E-state index contributed by atoms with van der Waals surface area (Å²) in [6.45, 7) is 2.50. The van der Waals surface area contributed by atoms with Crippen LogP contribution in [0.5, 0.6) is 11.5 Å². The van der Waals surface area contributed by atoms with E-state index < -0.39 is 0 Å². The lowest BCUT2D eigenvalue weighted by Gasteiger charge is -2.08. The number of ether oxygens (including phenoxy) is 3. The molecule has 0 fully saturated rings. The van der Waals surface area contributed by atoms with Crippen LogP contribution in [-0.4, -0.2) is 26.8 Å². The highest BCUT2D eigenvalue weighted by Gasteiger charge is 2.09. The van der Waals surface area contributed by atoms with Crippen molar-refractivity contribution in [2.45, 2.75) is 6.92 Å². The Morgan fingerprint density at radius 2 is 1.62 bits per heavy atom. The Hall–Kier alpha value is -4.06. The summed E-state index contributed by atoms with van der Waals surface area (Å²) in [5.41, 5.74) is 2.76. The summed E-state index contributed by atoms with van der Waals surface area (Å²) in [7, 11) is 2.99. The van der Waals surface area contributed by atoms with Crippen molar-refractivity contribution < 1.29 is 23.4 Å². The average molecular weight is 429 g/mol. The van der Waals surface area contributed by atoms with Gasteiger partial charge in [0.15, 0.2) is 0 Å². The molecule has 32 heavy (non-hydrogen) atoms. The van der Waals surface area contributed by atoms with Crippen LogP contribution in [0.2, 0.25) is 0 Å². The molecule has 3 aromatic carbocycles. The van der Waals surface area contributed by atoms with Crippen molar-refractivity contribution in [3.63, 3.8) is 0 Å². The maximum absolute atomic E-state index is 11.7. The van der Waals surface area contributed by atoms with Gasteiger partial charge in [-0.1, -0.05) is 0 Å². The van der Waals surface area contributed by atoms with E-state index in [0.717, 1.165) is 27.8 Å². The summed E-state index contributed by atoms with van der Waals surface area (Å²) >= 11 is 0. The average Bonchev–Trinajstić information content (AvgIpc) is 2.84. The summed E-state index contributed by atoms with van der Waals surface area (Å²) in [4.78, 5) is 16.5. The molecule has 0 saturated heterocycles. The fourth-order valence-corrected chi connectivity index (χ4v) is 3.32. The first-order chi connectivity index (χ1) is 15.6. The zero-order valence-electron chi connectivity index (χ0n) is 18.1. The third-order valence-corrected chi connectivity index (χ3v) is 4.94. The molecule has 0 bridgehead atoms. The molecule has 1 heterocycles. The van der Waals surface area contributed by atoms with E-state index in [1.807, 2.05) is 55.5 Å². The number of carbonyl (C=O) groups excluding carboxylic acids is 1. The van der Waals surface area contributed by atoms with E-state index in [9.17, 15) is 4.79 Å². The Labute approximate surface area is 185 Å². The van der Waals surface area contributed by atoms with Crippen LogP contribution in [0, 0.1) is 0 Å². The first-order valence-electron chi connectivity index (χ1n) is 10.2. The van der Waals surface area contributed by atoms with Crippen LogP contribution in [0.25, 0.3) is 22.3 Å². The molecule has 0 aliphatic carbocycles. The predicted molar refractivity (Wildman–Crippen MR) is 122 cm³/mol. The fraction of sp³-hybridized carbons (Fsp3) is 0.154. The molecule has 6 heteroatoms. The number of hydrogen-bond donors (Lipinski definition) is 0. The normalized spacial score (nSPS) is 11.4. The van der Waals surface area contributed by atoms with Crippen molar-refractivity contribution in [1.29, 1.82) is 0 Å². The summed E-state index contributed by atoms with van der Waals surface area (Å²) in [5.74, 6) is 1.80. The number of fused-ring (bicyclic) bond motifs is 1. The van der Waals surface area contributed by atoms with Gasteiger partial charge >= 0.3 is 5.97 Å². The molecule has 6 nitrogen and oxygen atoms in total. The van der Waals surface area contributed by atoms with Crippen LogP contribution in [0.1, 0.15) is 17.3 Å². The van der Waals surface area contributed by atoms with Gasteiger partial charge in [-0.05, 0) is 73.7 Å². The van der Waals surface area contributed by atoms with Gasteiger partial charge in [0, 0.05) is 17.0 Å². The number of nitrogens with zero attached hydrogens (tertiary/aromatic N) is 1. The summed E-state index contributed by atoms with van der Waals surface area (Å²) in [5, 5.41) is 1.55. The molecule has 162 valence electrons. The summed E-state index contributed by atoms with van der Waals surface area (Å²) in [6, 6.07) is 22.2. The standard InChI is InChI=1S/C26H23NO5/c1-4-31-21-13-14-24-22(15-21)23(27-19-9-5-18(6-10-19)26(28)30-3)16-25(32-24)17-7-11-20(29-2)12-8-17/h5-16H,4H2,1-3H3. The molecule has 0 aliphatic rings. The van der Waals surface area contributed by atoms with E-state index >= 15 is 0 Å². The SMILES string of the molecule is CCOc1ccc2oc(-c3ccc(OC)cc3)cc(=Nc3ccc(C(=O)OC)cc3)c2c1. The van der Waals surface area contributed by atoms with Crippen molar-refractivity contribution in [1.82, 2.24) is 0 Å². The zero-order chi connectivity index (χ0) is 22.5. The number of hydrogen-bond acceptors (Lipinski definition) is 6. The van der Waals surface area contributed by atoms with Crippen molar-refractivity contribution >= 4 is 22.6 Å². The first-order valence-corrected chi connectivity index (χ1v) is 10.2. The highest BCUT2D eigenvalue weighted by molar-refractivity contribution is 5.89. The Morgan fingerprint density at radius 1 is 0.906 bits per heavy atom. The van der Waals surface area contributed by atoms with Gasteiger partial charge in [0.05, 0.1) is 37.4 Å². The third-order valence-electron chi connectivity index (χ3n) is 4.94. The number of rotatable bonds is 6. The predicted octanol–water partition coefficient (Wildman–Crippen LogP) is 5.53. The molecule has 4 rings (SSSR count). The van der Waals surface area contributed by atoms with Crippen LogP contribution in [0.15, 0.2) is 82.2 Å². The van der Waals surface area contributed by atoms with E-state index in [1.165, 1.54) is 7.11 Å². The molecular weight excluding hydrogens is 406 g/mol. The van der Waals surface area contributed by atoms with Crippen LogP contribution < -0.4 is 14.8 Å². The van der Waals surface area contributed by atoms with E-state index in [4.69, 9.17) is 23.6 Å². The topological polar surface area (TPSA) is 70.3 Å². The molecule has 4 aromatic rings.